The first-order chi connectivity index (χ1) is 6.18. The summed E-state index contributed by atoms with van der Waals surface area (Å²) in [5.74, 6) is -1.69. The van der Waals surface area contributed by atoms with E-state index in [0.29, 0.717) is 0 Å². The maximum absolute atomic E-state index is 11.8. The molecule has 0 amide bonds. The summed E-state index contributed by atoms with van der Waals surface area (Å²) >= 11 is 0. The molecule has 2 N–H and O–H groups in total. The Labute approximate surface area is 84.8 Å². The van der Waals surface area contributed by atoms with Crippen LogP contribution in [-0.4, -0.2) is 27.8 Å². The van der Waals surface area contributed by atoms with Crippen molar-refractivity contribution in [3.63, 3.8) is 0 Å². The summed E-state index contributed by atoms with van der Waals surface area (Å²) in [6.07, 6.45) is 0.186. The second-order valence-corrected chi connectivity index (χ2v) is 6.89. The monoisotopic (exact) mass is 222 g/mol. The second-order valence-electron chi connectivity index (χ2n) is 4.20. The average Bonchev–Trinajstić information content (AvgIpc) is 1.99. The van der Waals surface area contributed by atoms with Crippen molar-refractivity contribution in [3.8, 4) is 0 Å². The van der Waals surface area contributed by atoms with Crippen molar-refractivity contribution >= 4 is 13.3 Å². The minimum Gasteiger partial charge on any atom is -0.481 e. The van der Waals surface area contributed by atoms with Crippen molar-refractivity contribution in [2.45, 2.75) is 33.4 Å². The fourth-order valence-electron chi connectivity index (χ4n) is 1.25. The van der Waals surface area contributed by atoms with E-state index in [9.17, 15) is 14.3 Å². The highest BCUT2D eigenvalue weighted by Gasteiger charge is 2.35. The van der Waals surface area contributed by atoms with Gasteiger partial charge in [-0.3, -0.25) is 9.36 Å². The average molecular weight is 222 g/mol. The van der Waals surface area contributed by atoms with E-state index in [1.54, 1.807) is 0 Å². The highest BCUT2D eigenvalue weighted by molar-refractivity contribution is 7.58. The summed E-state index contributed by atoms with van der Waals surface area (Å²) in [6, 6.07) is 0. The summed E-state index contributed by atoms with van der Waals surface area (Å²) in [6.45, 7) is 6.69. The molecule has 0 heterocycles. The molecule has 5 heteroatoms. The van der Waals surface area contributed by atoms with E-state index in [1.165, 1.54) is 13.8 Å². The zero-order chi connectivity index (χ0) is 11.5. The van der Waals surface area contributed by atoms with Gasteiger partial charge >= 0.3 is 5.97 Å². The van der Waals surface area contributed by atoms with Gasteiger partial charge in [0.25, 0.3) is 0 Å². The fraction of sp³-hybridized carbons (Fsp3) is 0.889. The Morgan fingerprint density at radius 1 is 1.29 bits per heavy atom. The zero-order valence-corrected chi connectivity index (χ0v) is 9.99. The third kappa shape index (κ3) is 3.81. The summed E-state index contributed by atoms with van der Waals surface area (Å²) in [5, 5.41) is 8.72. The lowest BCUT2D eigenvalue weighted by atomic mass is 10.1. The Hall–Kier alpha value is -0.340. The molecule has 0 aliphatic heterocycles. The Morgan fingerprint density at radius 2 is 1.71 bits per heavy atom. The fourth-order valence-corrected chi connectivity index (χ4v) is 3.45. The van der Waals surface area contributed by atoms with E-state index in [0.717, 1.165) is 0 Å². The van der Waals surface area contributed by atoms with Crippen molar-refractivity contribution in [1.82, 2.24) is 0 Å². The van der Waals surface area contributed by atoms with Gasteiger partial charge in [-0.05, 0) is 5.92 Å². The minimum absolute atomic E-state index is 0.106. The van der Waals surface area contributed by atoms with E-state index >= 15 is 0 Å². The molecule has 4 nitrogen and oxygen atoms in total. The molecular weight excluding hydrogens is 203 g/mol. The molecule has 0 aromatic rings. The van der Waals surface area contributed by atoms with Crippen LogP contribution >= 0.6 is 7.37 Å². The van der Waals surface area contributed by atoms with Crippen LogP contribution in [0.1, 0.15) is 27.7 Å². The Balaban J connectivity index is 4.57. The predicted molar refractivity (Wildman–Crippen MR) is 55.8 cm³/mol. The lowest BCUT2D eigenvalue weighted by Crippen LogP contribution is -2.24. The third-order valence-corrected chi connectivity index (χ3v) is 5.35. The topological polar surface area (TPSA) is 74.6 Å². The quantitative estimate of drug-likeness (QED) is 0.698. The SMILES string of the molecule is CC(C)CP(=O)(O)C(C)C(C)C(=O)O. The molecule has 0 saturated heterocycles. The number of rotatable bonds is 5. The summed E-state index contributed by atoms with van der Waals surface area (Å²) < 4.78 is 11.8. The molecule has 0 radical (unpaired) electrons. The lowest BCUT2D eigenvalue weighted by Gasteiger charge is -2.23. The standard InChI is InChI=1S/C9H19O4P/c1-6(2)5-14(12,13)8(4)7(3)9(10)11/h6-8H,5H2,1-4H3,(H,10,11)(H,12,13). The maximum atomic E-state index is 11.8. The molecule has 0 rings (SSSR count). The molecule has 0 fully saturated rings. The summed E-state index contributed by atoms with van der Waals surface area (Å²) in [7, 11) is -3.33. The minimum atomic E-state index is -3.33. The molecule has 0 saturated carbocycles. The first kappa shape index (κ1) is 13.7. The highest BCUT2D eigenvalue weighted by atomic mass is 31.2. The number of aliphatic carboxylic acids is 1. The molecular formula is C9H19O4P. The van der Waals surface area contributed by atoms with Gasteiger partial charge in [0.1, 0.15) is 0 Å². The van der Waals surface area contributed by atoms with Crippen molar-refractivity contribution in [2.75, 3.05) is 6.16 Å². The molecule has 14 heavy (non-hydrogen) atoms. The molecule has 3 atom stereocenters. The first-order valence-electron chi connectivity index (χ1n) is 4.72. The highest BCUT2D eigenvalue weighted by Crippen LogP contribution is 2.50. The largest absolute Gasteiger partial charge is 0.481 e. The van der Waals surface area contributed by atoms with Gasteiger partial charge in [-0.25, -0.2) is 0 Å². The van der Waals surface area contributed by atoms with Gasteiger partial charge in [-0.2, -0.15) is 0 Å². The van der Waals surface area contributed by atoms with Crippen LogP contribution in [0.3, 0.4) is 0 Å². The third-order valence-electron chi connectivity index (χ3n) is 2.38. The molecule has 0 aliphatic rings. The van der Waals surface area contributed by atoms with Gasteiger partial charge in [0.2, 0.25) is 7.37 Å². The molecule has 0 bridgehead atoms. The van der Waals surface area contributed by atoms with Gasteiger partial charge < -0.3 is 10.00 Å². The van der Waals surface area contributed by atoms with E-state index < -0.39 is 24.9 Å². The van der Waals surface area contributed by atoms with Crippen molar-refractivity contribution in [3.05, 3.63) is 0 Å². The van der Waals surface area contributed by atoms with Crippen LogP contribution in [0, 0.1) is 11.8 Å². The van der Waals surface area contributed by atoms with E-state index in [2.05, 4.69) is 0 Å². The van der Waals surface area contributed by atoms with Gasteiger partial charge in [0.05, 0.1) is 5.92 Å². The normalized spacial score (nSPS) is 20.1. The van der Waals surface area contributed by atoms with Crippen LogP contribution in [0.25, 0.3) is 0 Å². The predicted octanol–water partition coefficient (Wildman–Crippen LogP) is 2.02. The van der Waals surface area contributed by atoms with Crippen LogP contribution in [0.2, 0.25) is 0 Å². The van der Waals surface area contributed by atoms with Gasteiger partial charge in [-0.15, -0.1) is 0 Å². The number of carboxylic acids is 1. The Morgan fingerprint density at radius 3 is 2.00 bits per heavy atom. The molecule has 84 valence electrons. The molecule has 0 aromatic heterocycles. The number of hydrogen-bond donors (Lipinski definition) is 2. The van der Waals surface area contributed by atoms with Crippen LogP contribution in [-0.2, 0) is 9.36 Å². The zero-order valence-electron chi connectivity index (χ0n) is 9.10. The van der Waals surface area contributed by atoms with E-state index in [1.807, 2.05) is 13.8 Å². The van der Waals surface area contributed by atoms with E-state index in [-0.39, 0.29) is 12.1 Å². The van der Waals surface area contributed by atoms with Crippen molar-refractivity contribution < 1.29 is 19.4 Å². The Bertz CT molecular complexity index is 249. The van der Waals surface area contributed by atoms with Crippen LogP contribution < -0.4 is 0 Å². The van der Waals surface area contributed by atoms with Crippen LogP contribution in [0.4, 0.5) is 0 Å². The van der Waals surface area contributed by atoms with Gasteiger partial charge in [0.15, 0.2) is 0 Å². The van der Waals surface area contributed by atoms with Crippen LogP contribution in [0.5, 0.6) is 0 Å². The molecule has 3 unspecified atom stereocenters. The molecule has 0 spiro atoms. The molecule has 0 aromatic carbocycles. The maximum Gasteiger partial charge on any atom is 0.307 e. The van der Waals surface area contributed by atoms with Crippen molar-refractivity contribution in [2.24, 2.45) is 11.8 Å². The number of hydrogen-bond acceptors (Lipinski definition) is 2. The summed E-state index contributed by atoms with van der Waals surface area (Å²) in [4.78, 5) is 20.3. The van der Waals surface area contributed by atoms with Crippen LogP contribution in [0.15, 0.2) is 0 Å². The molecule has 0 aliphatic carbocycles. The summed E-state index contributed by atoms with van der Waals surface area (Å²) in [5.41, 5.74) is -0.678. The first-order valence-corrected chi connectivity index (χ1v) is 6.64. The number of carboxylic acid groups (broad SMARTS) is 1. The van der Waals surface area contributed by atoms with Gasteiger partial charge in [0, 0.05) is 11.8 Å². The number of carbonyl (C=O) groups is 1. The Kier molecular flexibility index (Phi) is 4.82. The smallest absolute Gasteiger partial charge is 0.307 e. The lowest BCUT2D eigenvalue weighted by molar-refractivity contribution is -0.141. The second kappa shape index (κ2) is 4.94. The van der Waals surface area contributed by atoms with E-state index in [4.69, 9.17) is 5.11 Å². The van der Waals surface area contributed by atoms with Gasteiger partial charge in [-0.1, -0.05) is 27.7 Å². The van der Waals surface area contributed by atoms with Crippen molar-refractivity contribution in [1.29, 1.82) is 0 Å².